The first-order valence-corrected chi connectivity index (χ1v) is 9.51. The van der Waals surface area contributed by atoms with Crippen LogP contribution in [-0.2, 0) is 11.2 Å². The highest BCUT2D eigenvalue weighted by molar-refractivity contribution is 5.68. The van der Waals surface area contributed by atoms with Crippen LogP contribution in [0.25, 0.3) is 0 Å². The van der Waals surface area contributed by atoms with Crippen molar-refractivity contribution in [2.45, 2.75) is 51.6 Å². The molecule has 1 aliphatic heterocycles. The Hall–Kier alpha value is -2.29. The van der Waals surface area contributed by atoms with Crippen molar-refractivity contribution in [2.75, 3.05) is 13.1 Å². The van der Waals surface area contributed by atoms with Crippen LogP contribution in [-0.4, -0.2) is 29.7 Å². The molecule has 0 N–H and O–H groups in total. The van der Waals surface area contributed by atoms with Gasteiger partial charge in [0, 0.05) is 13.1 Å². The Balaban J connectivity index is 1.59. The molecule has 0 unspecified atom stereocenters. The summed E-state index contributed by atoms with van der Waals surface area (Å²) in [6.07, 6.45) is 2.77. The van der Waals surface area contributed by atoms with E-state index in [1.807, 2.05) is 25.7 Å². The van der Waals surface area contributed by atoms with Crippen molar-refractivity contribution in [2.24, 2.45) is 0 Å². The highest BCUT2D eigenvalue weighted by Crippen LogP contribution is 2.29. The van der Waals surface area contributed by atoms with E-state index in [1.54, 1.807) is 0 Å². The molecule has 3 heteroatoms. The zero-order chi connectivity index (χ0) is 18.6. The van der Waals surface area contributed by atoms with Gasteiger partial charge in [-0.1, -0.05) is 54.6 Å². The van der Waals surface area contributed by atoms with Crippen molar-refractivity contribution >= 4 is 6.09 Å². The van der Waals surface area contributed by atoms with Crippen LogP contribution in [0.2, 0.25) is 0 Å². The number of rotatable bonds is 3. The second kappa shape index (κ2) is 7.94. The SMILES string of the molecule is CC(C)(C)OC(=O)N1CCC(c2cccc(Cc3ccccc3)c2)CC1. The van der Waals surface area contributed by atoms with Gasteiger partial charge in [0.1, 0.15) is 5.60 Å². The minimum atomic E-state index is -0.431. The number of hydrogen-bond acceptors (Lipinski definition) is 2. The third-order valence-electron chi connectivity index (χ3n) is 4.82. The molecule has 1 amide bonds. The summed E-state index contributed by atoms with van der Waals surface area (Å²) in [7, 11) is 0. The fourth-order valence-electron chi connectivity index (χ4n) is 3.51. The molecule has 2 aromatic carbocycles. The topological polar surface area (TPSA) is 29.5 Å². The second-order valence-electron chi connectivity index (χ2n) is 8.15. The largest absolute Gasteiger partial charge is 0.444 e. The maximum atomic E-state index is 12.2. The Kier molecular flexibility index (Phi) is 5.65. The first-order chi connectivity index (χ1) is 12.4. The number of carbonyl (C=O) groups excluding carboxylic acids is 1. The highest BCUT2D eigenvalue weighted by atomic mass is 16.6. The summed E-state index contributed by atoms with van der Waals surface area (Å²) in [4.78, 5) is 14.1. The van der Waals surface area contributed by atoms with E-state index in [9.17, 15) is 4.79 Å². The lowest BCUT2D eigenvalue weighted by Crippen LogP contribution is -2.41. The number of benzene rings is 2. The normalized spacial score (nSPS) is 15.7. The summed E-state index contributed by atoms with van der Waals surface area (Å²) < 4.78 is 5.49. The van der Waals surface area contributed by atoms with Crippen LogP contribution in [0.3, 0.4) is 0 Å². The lowest BCUT2D eigenvalue weighted by atomic mass is 9.88. The maximum Gasteiger partial charge on any atom is 0.410 e. The molecule has 0 radical (unpaired) electrons. The van der Waals surface area contributed by atoms with Crippen molar-refractivity contribution in [3.63, 3.8) is 0 Å². The molecule has 3 rings (SSSR count). The Labute approximate surface area is 157 Å². The van der Waals surface area contributed by atoms with Gasteiger partial charge in [0.05, 0.1) is 0 Å². The maximum absolute atomic E-state index is 12.2. The Morgan fingerprint density at radius 2 is 1.65 bits per heavy atom. The zero-order valence-corrected chi connectivity index (χ0v) is 16.1. The molecular weight excluding hydrogens is 322 g/mol. The molecule has 1 aliphatic rings. The highest BCUT2D eigenvalue weighted by Gasteiger charge is 2.27. The van der Waals surface area contributed by atoms with E-state index in [2.05, 4.69) is 54.6 Å². The van der Waals surface area contributed by atoms with Gasteiger partial charge in [-0.25, -0.2) is 4.79 Å². The van der Waals surface area contributed by atoms with Gasteiger partial charge in [0.25, 0.3) is 0 Å². The number of amides is 1. The quantitative estimate of drug-likeness (QED) is 0.742. The van der Waals surface area contributed by atoms with Crippen LogP contribution >= 0.6 is 0 Å². The lowest BCUT2D eigenvalue weighted by Gasteiger charge is -2.33. The van der Waals surface area contributed by atoms with Crippen molar-refractivity contribution in [1.82, 2.24) is 4.90 Å². The van der Waals surface area contributed by atoms with Crippen LogP contribution in [0, 0.1) is 0 Å². The molecule has 0 atom stereocenters. The molecule has 26 heavy (non-hydrogen) atoms. The molecule has 138 valence electrons. The molecule has 0 saturated carbocycles. The Morgan fingerprint density at radius 1 is 1.00 bits per heavy atom. The minimum absolute atomic E-state index is 0.186. The number of nitrogens with zero attached hydrogens (tertiary/aromatic N) is 1. The van der Waals surface area contributed by atoms with E-state index in [0.29, 0.717) is 5.92 Å². The summed E-state index contributed by atoms with van der Waals surface area (Å²) >= 11 is 0. The molecule has 0 aromatic heterocycles. The van der Waals surface area contributed by atoms with E-state index < -0.39 is 5.60 Å². The van der Waals surface area contributed by atoms with Crippen LogP contribution in [0.4, 0.5) is 4.79 Å². The van der Waals surface area contributed by atoms with Crippen molar-refractivity contribution in [3.8, 4) is 0 Å². The first kappa shape index (κ1) is 18.5. The summed E-state index contributed by atoms with van der Waals surface area (Å²) in [6, 6.07) is 19.5. The van der Waals surface area contributed by atoms with Gasteiger partial charge in [0.2, 0.25) is 0 Å². The van der Waals surface area contributed by atoms with Gasteiger partial charge in [-0.15, -0.1) is 0 Å². The van der Waals surface area contributed by atoms with Gasteiger partial charge in [-0.2, -0.15) is 0 Å². The molecule has 0 spiro atoms. The van der Waals surface area contributed by atoms with Crippen LogP contribution in [0.5, 0.6) is 0 Å². The number of piperidine rings is 1. The monoisotopic (exact) mass is 351 g/mol. The molecule has 1 heterocycles. The average Bonchev–Trinajstić information content (AvgIpc) is 2.61. The third-order valence-corrected chi connectivity index (χ3v) is 4.82. The number of ether oxygens (including phenoxy) is 1. The van der Waals surface area contributed by atoms with Crippen molar-refractivity contribution < 1.29 is 9.53 Å². The van der Waals surface area contributed by atoms with Gasteiger partial charge < -0.3 is 9.64 Å². The van der Waals surface area contributed by atoms with E-state index in [0.717, 1.165) is 32.4 Å². The lowest BCUT2D eigenvalue weighted by molar-refractivity contribution is 0.0205. The number of carbonyl (C=O) groups is 1. The van der Waals surface area contributed by atoms with Gasteiger partial charge >= 0.3 is 6.09 Å². The van der Waals surface area contributed by atoms with E-state index >= 15 is 0 Å². The summed E-state index contributed by atoms with van der Waals surface area (Å²) in [5, 5.41) is 0. The Bertz CT molecular complexity index is 725. The summed E-state index contributed by atoms with van der Waals surface area (Å²) in [5.74, 6) is 0.518. The number of hydrogen-bond donors (Lipinski definition) is 0. The van der Waals surface area contributed by atoms with E-state index in [4.69, 9.17) is 4.74 Å². The third kappa shape index (κ3) is 5.10. The first-order valence-electron chi connectivity index (χ1n) is 9.51. The van der Waals surface area contributed by atoms with Gasteiger partial charge in [0.15, 0.2) is 0 Å². The smallest absolute Gasteiger partial charge is 0.410 e. The van der Waals surface area contributed by atoms with E-state index in [-0.39, 0.29) is 6.09 Å². The number of likely N-dealkylation sites (tertiary alicyclic amines) is 1. The standard InChI is InChI=1S/C23H29NO2/c1-23(2,3)26-22(25)24-14-12-20(13-15-24)21-11-7-10-19(17-21)16-18-8-5-4-6-9-18/h4-11,17,20H,12-16H2,1-3H3. The zero-order valence-electron chi connectivity index (χ0n) is 16.1. The van der Waals surface area contributed by atoms with Crippen LogP contribution < -0.4 is 0 Å². The van der Waals surface area contributed by atoms with E-state index in [1.165, 1.54) is 16.7 Å². The van der Waals surface area contributed by atoms with Crippen molar-refractivity contribution in [3.05, 3.63) is 71.3 Å². The summed E-state index contributed by atoms with van der Waals surface area (Å²) in [6.45, 7) is 7.27. The fourth-order valence-corrected chi connectivity index (χ4v) is 3.51. The average molecular weight is 351 g/mol. The summed E-state index contributed by atoms with van der Waals surface area (Å²) in [5.41, 5.74) is 3.65. The molecule has 2 aromatic rings. The molecule has 3 nitrogen and oxygen atoms in total. The predicted molar refractivity (Wildman–Crippen MR) is 105 cm³/mol. The van der Waals surface area contributed by atoms with Crippen LogP contribution in [0.1, 0.15) is 56.2 Å². The molecule has 1 fully saturated rings. The molecule has 0 aliphatic carbocycles. The Morgan fingerprint density at radius 3 is 2.31 bits per heavy atom. The molecular formula is C23H29NO2. The minimum Gasteiger partial charge on any atom is -0.444 e. The van der Waals surface area contributed by atoms with Crippen LogP contribution in [0.15, 0.2) is 54.6 Å². The van der Waals surface area contributed by atoms with Crippen molar-refractivity contribution in [1.29, 1.82) is 0 Å². The van der Waals surface area contributed by atoms with Gasteiger partial charge in [-0.3, -0.25) is 0 Å². The predicted octanol–water partition coefficient (Wildman–Crippen LogP) is 5.39. The van der Waals surface area contributed by atoms with Gasteiger partial charge in [-0.05, 0) is 62.6 Å². The molecule has 1 saturated heterocycles. The second-order valence-corrected chi connectivity index (χ2v) is 8.15. The molecule has 0 bridgehead atoms. The fraction of sp³-hybridized carbons (Fsp3) is 0.435.